The van der Waals surface area contributed by atoms with Crippen molar-refractivity contribution in [3.63, 3.8) is 0 Å². The summed E-state index contributed by atoms with van der Waals surface area (Å²) in [6.45, 7) is 0. The van der Waals surface area contributed by atoms with Crippen LogP contribution in [-0.4, -0.2) is 31.8 Å². The molecule has 9 heteroatoms. The van der Waals surface area contributed by atoms with Crippen LogP contribution in [0, 0.1) is 0 Å². The number of benzene rings is 1. The Morgan fingerprint density at radius 2 is 2.15 bits per heavy atom. The van der Waals surface area contributed by atoms with Gasteiger partial charge in [0, 0.05) is 6.07 Å². The lowest BCUT2D eigenvalue weighted by molar-refractivity contribution is 0.0693. The summed E-state index contributed by atoms with van der Waals surface area (Å²) in [4.78, 5) is 10.8. The lowest BCUT2D eigenvalue weighted by Crippen LogP contribution is -2.14. The third-order valence-corrected chi connectivity index (χ3v) is 3.74. The molecule has 0 amide bonds. The highest BCUT2D eigenvalue weighted by molar-refractivity contribution is 7.92. The third kappa shape index (κ3) is 2.72. The molecule has 0 aliphatic heterocycles. The van der Waals surface area contributed by atoms with Gasteiger partial charge in [0.25, 0.3) is 10.0 Å². The smallest absolute Gasteiger partial charge is 0.339 e. The fourth-order valence-electron chi connectivity index (χ4n) is 1.48. The summed E-state index contributed by atoms with van der Waals surface area (Å²) < 4.78 is 35.6. The number of carboxylic acid groups (broad SMARTS) is 1. The van der Waals surface area contributed by atoms with Gasteiger partial charge in [-0.2, -0.15) is 0 Å². The maximum absolute atomic E-state index is 12.0. The minimum absolute atomic E-state index is 0.00214. The van der Waals surface area contributed by atoms with Gasteiger partial charge < -0.3 is 14.4 Å². The third-order valence-electron chi connectivity index (χ3n) is 2.39. The number of carboxylic acids is 1. The van der Waals surface area contributed by atoms with Crippen molar-refractivity contribution in [3.8, 4) is 5.75 Å². The van der Waals surface area contributed by atoms with E-state index < -0.39 is 16.0 Å². The van der Waals surface area contributed by atoms with Crippen LogP contribution >= 0.6 is 0 Å². The summed E-state index contributed by atoms with van der Waals surface area (Å²) in [7, 11) is -2.66. The van der Waals surface area contributed by atoms with E-state index in [4.69, 9.17) is 9.84 Å². The van der Waals surface area contributed by atoms with Crippen LogP contribution in [0.2, 0.25) is 0 Å². The molecule has 0 saturated heterocycles. The zero-order chi connectivity index (χ0) is 14.8. The van der Waals surface area contributed by atoms with Crippen molar-refractivity contribution >= 4 is 21.8 Å². The molecule has 2 aromatic rings. The Labute approximate surface area is 114 Å². The molecule has 0 atom stereocenters. The zero-order valence-corrected chi connectivity index (χ0v) is 11.0. The van der Waals surface area contributed by atoms with E-state index in [0.717, 1.165) is 6.07 Å². The van der Waals surface area contributed by atoms with E-state index in [0.29, 0.717) is 0 Å². The van der Waals surface area contributed by atoms with Crippen molar-refractivity contribution in [3.05, 3.63) is 36.1 Å². The maximum atomic E-state index is 12.0. The van der Waals surface area contributed by atoms with Crippen LogP contribution in [-0.2, 0) is 10.0 Å². The number of aromatic carboxylic acids is 1. The summed E-state index contributed by atoms with van der Waals surface area (Å²) in [5.41, 5.74) is -0.254. The maximum Gasteiger partial charge on any atom is 0.339 e. The minimum atomic E-state index is -3.96. The molecule has 8 nitrogen and oxygen atoms in total. The standard InChI is InChI=1S/C11H10N2O6S/c1-18-9-3-2-7(6-8(9)11(14)15)20(16,17)13-10-4-5-19-12-10/h2-6H,1H3,(H,12,13)(H,14,15). The van der Waals surface area contributed by atoms with Gasteiger partial charge in [-0.05, 0) is 18.2 Å². The van der Waals surface area contributed by atoms with E-state index >= 15 is 0 Å². The number of sulfonamides is 1. The van der Waals surface area contributed by atoms with Gasteiger partial charge in [-0.15, -0.1) is 0 Å². The SMILES string of the molecule is COc1ccc(S(=O)(=O)Nc2ccon2)cc1C(=O)O. The van der Waals surface area contributed by atoms with Crippen molar-refractivity contribution in [2.75, 3.05) is 11.8 Å². The molecule has 2 N–H and O–H groups in total. The second-order valence-corrected chi connectivity index (χ2v) is 5.34. The summed E-state index contributed by atoms with van der Waals surface area (Å²) in [6.07, 6.45) is 1.20. The summed E-state index contributed by atoms with van der Waals surface area (Å²) in [6, 6.07) is 4.82. The Balaban J connectivity index is 2.42. The number of nitrogens with zero attached hydrogens (tertiary/aromatic N) is 1. The average Bonchev–Trinajstić information content (AvgIpc) is 2.89. The predicted molar refractivity (Wildman–Crippen MR) is 67.3 cm³/mol. The number of hydrogen-bond acceptors (Lipinski definition) is 6. The first-order valence-electron chi connectivity index (χ1n) is 5.28. The van der Waals surface area contributed by atoms with E-state index in [1.807, 2.05) is 0 Å². The normalized spacial score (nSPS) is 11.1. The van der Waals surface area contributed by atoms with Gasteiger partial charge in [-0.25, -0.2) is 13.2 Å². The summed E-state index contributed by atoms with van der Waals surface area (Å²) in [5.74, 6) is -1.23. The highest BCUT2D eigenvalue weighted by Crippen LogP contribution is 2.23. The topological polar surface area (TPSA) is 119 Å². The van der Waals surface area contributed by atoms with Crippen molar-refractivity contribution < 1.29 is 27.6 Å². The Morgan fingerprint density at radius 1 is 1.40 bits per heavy atom. The van der Waals surface area contributed by atoms with Crippen molar-refractivity contribution in [2.45, 2.75) is 4.90 Å². The van der Waals surface area contributed by atoms with Gasteiger partial charge in [0.1, 0.15) is 17.6 Å². The second-order valence-electron chi connectivity index (χ2n) is 3.66. The number of rotatable bonds is 5. The van der Waals surface area contributed by atoms with Gasteiger partial charge in [0.15, 0.2) is 5.82 Å². The molecular formula is C11H10N2O6S. The zero-order valence-electron chi connectivity index (χ0n) is 10.2. The summed E-state index contributed by atoms with van der Waals surface area (Å²) in [5, 5.41) is 12.4. The monoisotopic (exact) mass is 298 g/mol. The molecule has 0 radical (unpaired) electrons. The molecule has 0 unspecified atom stereocenters. The molecule has 0 spiro atoms. The number of carbonyl (C=O) groups is 1. The van der Waals surface area contributed by atoms with E-state index in [9.17, 15) is 13.2 Å². The number of ether oxygens (including phenoxy) is 1. The van der Waals surface area contributed by atoms with E-state index in [2.05, 4.69) is 14.4 Å². The molecule has 1 aromatic carbocycles. The number of aromatic nitrogens is 1. The summed E-state index contributed by atoms with van der Waals surface area (Å²) >= 11 is 0. The fraction of sp³-hybridized carbons (Fsp3) is 0.0909. The molecule has 0 aliphatic carbocycles. The van der Waals surface area contributed by atoms with Gasteiger partial charge in [-0.1, -0.05) is 5.16 Å². The largest absolute Gasteiger partial charge is 0.496 e. The Kier molecular flexibility index (Phi) is 3.61. The molecule has 1 heterocycles. The van der Waals surface area contributed by atoms with Crippen molar-refractivity contribution in [2.24, 2.45) is 0 Å². The minimum Gasteiger partial charge on any atom is -0.496 e. The number of anilines is 1. The van der Waals surface area contributed by atoms with Crippen LogP contribution in [0.15, 0.2) is 39.9 Å². The second kappa shape index (κ2) is 5.21. The first kappa shape index (κ1) is 13.9. The highest BCUT2D eigenvalue weighted by Gasteiger charge is 2.20. The Hall–Kier alpha value is -2.55. The molecule has 20 heavy (non-hydrogen) atoms. The predicted octanol–water partition coefficient (Wildman–Crippen LogP) is 1.18. The lowest BCUT2D eigenvalue weighted by Gasteiger charge is -2.08. The van der Waals surface area contributed by atoms with Crippen LogP contribution in [0.4, 0.5) is 5.82 Å². The molecule has 2 rings (SSSR count). The highest BCUT2D eigenvalue weighted by atomic mass is 32.2. The number of nitrogens with one attached hydrogen (secondary N) is 1. The van der Waals surface area contributed by atoms with Crippen molar-refractivity contribution in [1.82, 2.24) is 5.16 Å². The molecule has 106 valence electrons. The average molecular weight is 298 g/mol. The quantitative estimate of drug-likeness (QED) is 0.850. The van der Waals surface area contributed by atoms with Crippen LogP contribution in [0.5, 0.6) is 5.75 Å². The van der Waals surface area contributed by atoms with Gasteiger partial charge in [0.05, 0.1) is 12.0 Å². The van der Waals surface area contributed by atoms with Gasteiger partial charge >= 0.3 is 5.97 Å². The van der Waals surface area contributed by atoms with Gasteiger partial charge in [-0.3, -0.25) is 4.72 Å². The first-order valence-corrected chi connectivity index (χ1v) is 6.77. The van der Waals surface area contributed by atoms with Crippen LogP contribution in [0.3, 0.4) is 0 Å². The molecule has 0 saturated carbocycles. The van der Waals surface area contributed by atoms with E-state index in [-0.39, 0.29) is 22.0 Å². The number of hydrogen-bond donors (Lipinski definition) is 2. The molecule has 1 aromatic heterocycles. The molecular weight excluding hydrogens is 288 g/mol. The fourth-order valence-corrected chi connectivity index (χ4v) is 2.50. The van der Waals surface area contributed by atoms with Gasteiger partial charge in [0.2, 0.25) is 0 Å². The van der Waals surface area contributed by atoms with Crippen LogP contribution < -0.4 is 9.46 Å². The Morgan fingerprint density at radius 3 is 2.70 bits per heavy atom. The van der Waals surface area contributed by atoms with Crippen LogP contribution in [0.1, 0.15) is 10.4 Å². The lowest BCUT2D eigenvalue weighted by atomic mass is 10.2. The van der Waals surface area contributed by atoms with Crippen molar-refractivity contribution in [1.29, 1.82) is 0 Å². The van der Waals surface area contributed by atoms with E-state index in [1.54, 1.807) is 0 Å². The molecule has 0 bridgehead atoms. The first-order chi connectivity index (χ1) is 9.44. The molecule has 0 fully saturated rings. The number of methoxy groups -OCH3 is 1. The van der Waals surface area contributed by atoms with Crippen LogP contribution in [0.25, 0.3) is 0 Å². The Bertz CT molecular complexity index is 723. The van der Waals surface area contributed by atoms with E-state index in [1.165, 1.54) is 31.6 Å². The molecule has 0 aliphatic rings.